The molecule has 3 aromatic rings. The predicted octanol–water partition coefficient (Wildman–Crippen LogP) is 2.78. The number of benzene rings is 1. The minimum atomic E-state index is -0.735. The number of pyridine rings is 1. The molecule has 2 aliphatic heterocycles. The molecule has 5 rings (SSSR count). The van der Waals surface area contributed by atoms with Gasteiger partial charge in [0.1, 0.15) is 5.82 Å². The Kier molecular flexibility index (Phi) is 7.88. The van der Waals surface area contributed by atoms with Gasteiger partial charge in [-0.25, -0.2) is 15.0 Å². The maximum absolute atomic E-state index is 11.2. The number of likely N-dealkylation sites (tertiary alicyclic amines) is 1. The second-order valence-electron chi connectivity index (χ2n) is 9.76. The lowest BCUT2D eigenvalue weighted by Gasteiger charge is -2.40. The number of aromatic nitrogens is 3. The predicted molar refractivity (Wildman–Crippen MR) is 144 cm³/mol. The van der Waals surface area contributed by atoms with Crippen LogP contribution in [0.2, 0.25) is 0 Å². The van der Waals surface area contributed by atoms with Gasteiger partial charge in [-0.05, 0) is 61.2 Å². The summed E-state index contributed by atoms with van der Waals surface area (Å²) in [6.07, 6.45) is 8.42. The Bertz CT molecular complexity index is 1190. The number of piperazine rings is 1. The molecule has 5 N–H and O–H groups in total. The number of nitrogens with one attached hydrogen (secondary N) is 2. The zero-order chi connectivity index (χ0) is 25.6. The number of carboxylic acid groups (broad SMARTS) is 1. The molecular formula is C27H34N8O2. The van der Waals surface area contributed by atoms with Crippen LogP contribution in [-0.2, 0) is 11.3 Å². The van der Waals surface area contributed by atoms with Gasteiger partial charge in [0.15, 0.2) is 0 Å². The van der Waals surface area contributed by atoms with E-state index >= 15 is 0 Å². The molecule has 10 nitrogen and oxygen atoms in total. The van der Waals surface area contributed by atoms with Crippen LogP contribution in [0.3, 0.4) is 0 Å². The van der Waals surface area contributed by atoms with Gasteiger partial charge in [0.25, 0.3) is 0 Å². The van der Waals surface area contributed by atoms with Gasteiger partial charge >= 0.3 is 5.97 Å². The summed E-state index contributed by atoms with van der Waals surface area (Å²) in [6, 6.07) is 13.0. The summed E-state index contributed by atoms with van der Waals surface area (Å²) >= 11 is 0. The van der Waals surface area contributed by atoms with Crippen LogP contribution in [-0.4, -0.2) is 80.6 Å². The number of carbonyl (C=O) groups is 1. The van der Waals surface area contributed by atoms with Crippen molar-refractivity contribution in [3.63, 3.8) is 0 Å². The van der Waals surface area contributed by atoms with E-state index in [1.165, 1.54) is 5.56 Å². The molecule has 2 atom stereocenters. The molecule has 2 fully saturated rings. The van der Waals surface area contributed by atoms with Crippen LogP contribution in [0.25, 0.3) is 11.1 Å². The first-order chi connectivity index (χ1) is 18.1. The molecule has 0 amide bonds. The van der Waals surface area contributed by atoms with E-state index in [9.17, 15) is 9.90 Å². The number of nitrogens with zero attached hydrogens (tertiary/aromatic N) is 5. The fourth-order valence-corrected chi connectivity index (χ4v) is 5.32. The lowest BCUT2D eigenvalue weighted by molar-refractivity contribution is -0.140. The highest BCUT2D eigenvalue weighted by Crippen LogP contribution is 2.31. The van der Waals surface area contributed by atoms with E-state index in [1.54, 1.807) is 18.6 Å². The summed E-state index contributed by atoms with van der Waals surface area (Å²) in [6.45, 7) is 4.20. The molecule has 1 aromatic carbocycles. The molecule has 194 valence electrons. The van der Waals surface area contributed by atoms with Gasteiger partial charge in [0.05, 0.1) is 6.54 Å². The van der Waals surface area contributed by atoms with Crippen LogP contribution in [0.15, 0.2) is 55.0 Å². The lowest BCUT2D eigenvalue weighted by atomic mass is 10.1. The third-order valence-corrected chi connectivity index (χ3v) is 7.04. The van der Waals surface area contributed by atoms with Crippen molar-refractivity contribution in [2.75, 3.05) is 43.4 Å². The first kappa shape index (κ1) is 25.1. The topological polar surface area (TPSA) is 133 Å². The lowest BCUT2D eigenvalue weighted by Crippen LogP contribution is -2.54. The standard InChI is InChI=1S/C27H34N8O2/c28-8-2-9-30-27-31-13-21(14-32-27)20-7-10-29-25(12-20)33-22-4-1-3-19(11-22)15-34-16-23-5-6-24(17-34)35(23)18-26(36)37/h1,3-4,7,10-14,23-24H,2,5-6,8-9,15-18,28H2,(H,29,33)(H,36,37)(H,30,31,32). The highest BCUT2D eigenvalue weighted by Gasteiger charge is 2.40. The molecule has 10 heteroatoms. The van der Waals surface area contributed by atoms with Gasteiger partial charge in [-0.15, -0.1) is 0 Å². The molecule has 0 radical (unpaired) electrons. The van der Waals surface area contributed by atoms with Crippen molar-refractivity contribution in [2.24, 2.45) is 5.73 Å². The zero-order valence-electron chi connectivity index (χ0n) is 20.9. The highest BCUT2D eigenvalue weighted by atomic mass is 16.4. The minimum absolute atomic E-state index is 0.149. The van der Waals surface area contributed by atoms with Gasteiger partial charge < -0.3 is 21.5 Å². The van der Waals surface area contributed by atoms with E-state index in [1.807, 2.05) is 18.2 Å². The van der Waals surface area contributed by atoms with Crippen LogP contribution in [0, 0.1) is 0 Å². The number of hydrogen-bond acceptors (Lipinski definition) is 9. The summed E-state index contributed by atoms with van der Waals surface area (Å²) in [7, 11) is 0. The van der Waals surface area contributed by atoms with Gasteiger partial charge in [-0.2, -0.15) is 0 Å². The fourth-order valence-electron chi connectivity index (χ4n) is 5.32. The Labute approximate surface area is 216 Å². The Morgan fingerprint density at radius 2 is 1.84 bits per heavy atom. The molecule has 0 spiro atoms. The van der Waals surface area contributed by atoms with Crippen molar-refractivity contribution in [2.45, 2.75) is 37.9 Å². The van der Waals surface area contributed by atoms with Crippen molar-refractivity contribution in [1.82, 2.24) is 24.8 Å². The number of fused-ring (bicyclic) bond motifs is 2. The van der Waals surface area contributed by atoms with Gasteiger partial charge in [0, 0.05) is 68.1 Å². The number of anilines is 3. The molecule has 2 aromatic heterocycles. The maximum Gasteiger partial charge on any atom is 0.317 e. The molecule has 2 unspecified atom stereocenters. The second-order valence-corrected chi connectivity index (χ2v) is 9.76. The van der Waals surface area contributed by atoms with Gasteiger partial charge in [-0.1, -0.05) is 12.1 Å². The Hall–Kier alpha value is -3.60. The van der Waals surface area contributed by atoms with E-state index in [4.69, 9.17) is 5.73 Å². The molecule has 0 aliphatic carbocycles. The van der Waals surface area contributed by atoms with Crippen molar-refractivity contribution in [3.8, 4) is 11.1 Å². The second kappa shape index (κ2) is 11.6. The number of carboxylic acids is 1. The zero-order valence-corrected chi connectivity index (χ0v) is 20.9. The first-order valence-electron chi connectivity index (χ1n) is 12.9. The summed E-state index contributed by atoms with van der Waals surface area (Å²) in [5, 5.41) is 15.8. The molecule has 2 saturated heterocycles. The van der Waals surface area contributed by atoms with Crippen LogP contribution in [0.4, 0.5) is 17.5 Å². The summed E-state index contributed by atoms with van der Waals surface area (Å²) in [5.74, 6) is 0.611. The van der Waals surface area contributed by atoms with E-state index in [0.717, 1.165) is 68.1 Å². The summed E-state index contributed by atoms with van der Waals surface area (Å²) in [4.78, 5) is 29.1. The molecule has 37 heavy (non-hydrogen) atoms. The SMILES string of the molecule is NCCCNc1ncc(-c2ccnc(Nc3cccc(CN4CC5CCC(C4)N5CC(=O)O)c3)c2)cn1. The number of hydrogen-bond donors (Lipinski definition) is 4. The molecule has 0 saturated carbocycles. The van der Waals surface area contributed by atoms with Crippen molar-refractivity contribution < 1.29 is 9.90 Å². The minimum Gasteiger partial charge on any atom is -0.480 e. The Morgan fingerprint density at radius 3 is 2.57 bits per heavy atom. The van der Waals surface area contributed by atoms with Crippen molar-refractivity contribution in [3.05, 3.63) is 60.6 Å². The van der Waals surface area contributed by atoms with Crippen molar-refractivity contribution in [1.29, 1.82) is 0 Å². The maximum atomic E-state index is 11.2. The van der Waals surface area contributed by atoms with E-state index in [-0.39, 0.29) is 6.54 Å². The quantitative estimate of drug-likeness (QED) is 0.290. The van der Waals surface area contributed by atoms with Crippen LogP contribution < -0.4 is 16.4 Å². The monoisotopic (exact) mass is 502 g/mol. The Morgan fingerprint density at radius 1 is 1.05 bits per heavy atom. The molecule has 2 bridgehead atoms. The molecule has 4 heterocycles. The highest BCUT2D eigenvalue weighted by molar-refractivity contribution is 5.69. The van der Waals surface area contributed by atoms with Crippen LogP contribution in [0.1, 0.15) is 24.8 Å². The van der Waals surface area contributed by atoms with Crippen LogP contribution >= 0.6 is 0 Å². The summed E-state index contributed by atoms with van der Waals surface area (Å²) in [5.41, 5.74) is 9.63. The largest absolute Gasteiger partial charge is 0.480 e. The molecule has 2 aliphatic rings. The Balaban J connectivity index is 1.20. The third-order valence-electron chi connectivity index (χ3n) is 7.04. The molecular weight excluding hydrogens is 468 g/mol. The fraction of sp³-hybridized carbons (Fsp3) is 0.407. The third kappa shape index (κ3) is 6.40. The average molecular weight is 503 g/mol. The number of rotatable bonds is 11. The van der Waals surface area contributed by atoms with E-state index in [2.05, 4.69) is 53.6 Å². The average Bonchev–Trinajstić information content (AvgIpc) is 3.11. The number of nitrogens with two attached hydrogens (primary N) is 1. The number of aliphatic carboxylic acids is 1. The first-order valence-corrected chi connectivity index (χ1v) is 12.9. The smallest absolute Gasteiger partial charge is 0.317 e. The van der Waals surface area contributed by atoms with E-state index in [0.29, 0.717) is 24.6 Å². The van der Waals surface area contributed by atoms with Gasteiger partial charge in [0.2, 0.25) is 5.95 Å². The summed E-state index contributed by atoms with van der Waals surface area (Å²) < 4.78 is 0. The van der Waals surface area contributed by atoms with E-state index < -0.39 is 5.97 Å². The van der Waals surface area contributed by atoms with Crippen LogP contribution in [0.5, 0.6) is 0 Å². The normalized spacial score (nSPS) is 19.6. The van der Waals surface area contributed by atoms with Gasteiger partial charge in [-0.3, -0.25) is 14.6 Å². The van der Waals surface area contributed by atoms with Crippen molar-refractivity contribution >= 4 is 23.4 Å².